The molecule has 0 aliphatic rings. The van der Waals surface area contributed by atoms with E-state index in [1.165, 1.54) is 0 Å². The fourth-order valence-corrected chi connectivity index (χ4v) is 1.83. The summed E-state index contributed by atoms with van der Waals surface area (Å²) in [6.45, 7) is 6.37. The lowest BCUT2D eigenvalue weighted by Gasteiger charge is -2.16. The van der Waals surface area contributed by atoms with Gasteiger partial charge in [0.25, 0.3) is 0 Å². The topological polar surface area (TPSA) is 58.6 Å². The molecule has 0 bridgehead atoms. The second kappa shape index (κ2) is 8.25. The van der Waals surface area contributed by atoms with Crippen LogP contribution in [0.15, 0.2) is 18.2 Å². The minimum atomic E-state index is -0.627. The summed E-state index contributed by atoms with van der Waals surface area (Å²) in [5, 5.41) is 13.4. The van der Waals surface area contributed by atoms with Crippen molar-refractivity contribution in [3.8, 4) is 5.75 Å². The van der Waals surface area contributed by atoms with Gasteiger partial charge in [-0.05, 0) is 18.2 Å². The Kier molecular flexibility index (Phi) is 6.99. The van der Waals surface area contributed by atoms with Gasteiger partial charge in [0.15, 0.2) is 5.78 Å². The second-order valence-electron chi connectivity index (χ2n) is 4.94. The van der Waals surface area contributed by atoms with Gasteiger partial charge < -0.3 is 15.2 Å². The van der Waals surface area contributed by atoms with E-state index in [-0.39, 0.29) is 12.4 Å². The van der Waals surface area contributed by atoms with Crippen LogP contribution in [0, 0.1) is 0 Å². The fourth-order valence-electron chi connectivity index (χ4n) is 1.65. The first-order valence-corrected chi connectivity index (χ1v) is 7.18. The van der Waals surface area contributed by atoms with Crippen molar-refractivity contribution >= 4 is 17.4 Å². The SMILES string of the molecule is CCC(=O)c1cc(Cl)ccc1OCC(O)CNC(C)C. The van der Waals surface area contributed by atoms with E-state index in [4.69, 9.17) is 16.3 Å². The van der Waals surface area contributed by atoms with Gasteiger partial charge in [0.1, 0.15) is 18.5 Å². The molecule has 0 aliphatic carbocycles. The Morgan fingerprint density at radius 3 is 2.75 bits per heavy atom. The van der Waals surface area contributed by atoms with Crippen molar-refractivity contribution in [2.45, 2.75) is 39.3 Å². The van der Waals surface area contributed by atoms with Crippen molar-refractivity contribution in [2.75, 3.05) is 13.2 Å². The van der Waals surface area contributed by atoms with Crippen LogP contribution in [0.4, 0.5) is 0 Å². The van der Waals surface area contributed by atoms with E-state index >= 15 is 0 Å². The number of aliphatic hydroxyl groups is 1. The highest BCUT2D eigenvalue weighted by atomic mass is 35.5. The molecule has 0 fully saturated rings. The Balaban J connectivity index is 2.65. The van der Waals surface area contributed by atoms with Crippen LogP contribution < -0.4 is 10.1 Å². The smallest absolute Gasteiger partial charge is 0.166 e. The lowest BCUT2D eigenvalue weighted by atomic mass is 10.1. The third-order valence-electron chi connectivity index (χ3n) is 2.76. The molecule has 0 saturated heterocycles. The van der Waals surface area contributed by atoms with E-state index in [0.717, 1.165) is 0 Å². The maximum Gasteiger partial charge on any atom is 0.166 e. The van der Waals surface area contributed by atoms with Crippen molar-refractivity contribution in [3.05, 3.63) is 28.8 Å². The highest BCUT2D eigenvalue weighted by molar-refractivity contribution is 6.31. The molecule has 1 rings (SSSR count). The van der Waals surface area contributed by atoms with Crippen LogP contribution in [0.25, 0.3) is 0 Å². The van der Waals surface area contributed by atoms with Gasteiger partial charge in [0.05, 0.1) is 5.56 Å². The highest BCUT2D eigenvalue weighted by Crippen LogP contribution is 2.24. The Bertz CT molecular complexity index is 449. The number of rotatable bonds is 8. The van der Waals surface area contributed by atoms with Crippen molar-refractivity contribution in [1.82, 2.24) is 5.32 Å². The van der Waals surface area contributed by atoms with Crippen LogP contribution in [-0.4, -0.2) is 36.2 Å². The lowest BCUT2D eigenvalue weighted by Crippen LogP contribution is -2.35. The van der Waals surface area contributed by atoms with Gasteiger partial charge >= 0.3 is 0 Å². The summed E-state index contributed by atoms with van der Waals surface area (Å²) in [4.78, 5) is 11.8. The van der Waals surface area contributed by atoms with E-state index < -0.39 is 6.10 Å². The molecule has 0 aliphatic heterocycles. The van der Waals surface area contributed by atoms with Crippen LogP contribution in [0.3, 0.4) is 0 Å². The summed E-state index contributed by atoms with van der Waals surface area (Å²) in [6.07, 6.45) is -0.244. The van der Waals surface area contributed by atoms with Crippen LogP contribution in [-0.2, 0) is 0 Å². The molecule has 4 nitrogen and oxygen atoms in total. The first-order valence-electron chi connectivity index (χ1n) is 6.81. The Labute approximate surface area is 125 Å². The maximum absolute atomic E-state index is 11.8. The molecule has 0 amide bonds. The number of halogens is 1. The number of hydrogen-bond acceptors (Lipinski definition) is 4. The van der Waals surface area contributed by atoms with E-state index in [1.54, 1.807) is 25.1 Å². The molecular weight excluding hydrogens is 278 g/mol. The Hall–Kier alpha value is -1.10. The first-order chi connectivity index (χ1) is 9.43. The molecule has 0 heterocycles. The largest absolute Gasteiger partial charge is 0.490 e. The van der Waals surface area contributed by atoms with Gasteiger partial charge in [-0.25, -0.2) is 0 Å². The van der Waals surface area contributed by atoms with Crippen molar-refractivity contribution in [1.29, 1.82) is 0 Å². The average molecular weight is 300 g/mol. The first kappa shape index (κ1) is 17.0. The van der Waals surface area contributed by atoms with Gasteiger partial charge in [-0.15, -0.1) is 0 Å². The zero-order valence-corrected chi connectivity index (χ0v) is 12.9. The number of aliphatic hydroxyl groups excluding tert-OH is 1. The van der Waals surface area contributed by atoms with Crippen LogP contribution in [0.5, 0.6) is 5.75 Å². The monoisotopic (exact) mass is 299 g/mol. The molecule has 20 heavy (non-hydrogen) atoms. The van der Waals surface area contributed by atoms with Gasteiger partial charge in [-0.3, -0.25) is 4.79 Å². The summed E-state index contributed by atoms with van der Waals surface area (Å²) in [5.74, 6) is 0.433. The molecule has 0 saturated carbocycles. The Morgan fingerprint density at radius 1 is 1.45 bits per heavy atom. The predicted octanol–water partition coefficient (Wildman–Crippen LogP) is 2.67. The van der Waals surface area contributed by atoms with Crippen molar-refractivity contribution < 1.29 is 14.6 Å². The highest BCUT2D eigenvalue weighted by Gasteiger charge is 2.13. The number of carbonyl (C=O) groups is 1. The number of ether oxygens (including phenoxy) is 1. The molecule has 5 heteroatoms. The summed E-state index contributed by atoms with van der Waals surface area (Å²) in [7, 11) is 0. The third kappa shape index (κ3) is 5.49. The molecular formula is C15H22ClNO3. The number of nitrogens with one attached hydrogen (secondary N) is 1. The molecule has 0 aromatic heterocycles. The van der Waals surface area contributed by atoms with Crippen LogP contribution >= 0.6 is 11.6 Å². The molecule has 2 N–H and O–H groups in total. The standard InChI is InChI=1S/C15H22ClNO3/c1-4-14(19)13-7-11(16)5-6-15(13)20-9-12(18)8-17-10(2)3/h5-7,10,12,17-18H,4,8-9H2,1-3H3. The number of Topliss-reactive ketones (excluding diaryl/α,β-unsaturated/α-hetero) is 1. The quantitative estimate of drug-likeness (QED) is 0.725. The molecule has 0 radical (unpaired) electrons. The number of ketones is 1. The van der Waals surface area contributed by atoms with Gasteiger partial charge in [0, 0.05) is 24.0 Å². The summed E-state index contributed by atoms with van der Waals surface area (Å²) in [5.41, 5.74) is 0.462. The predicted molar refractivity (Wildman–Crippen MR) is 80.7 cm³/mol. The normalized spacial score (nSPS) is 12.5. The zero-order chi connectivity index (χ0) is 15.1. The summed E-state index contributed by atoms with van der Waals surface area (Å²) < 4.78 is 5.54. The van der Waals surface area contributed by atoms with Crippen molar-refractivity contribution in [2.24, 2.45) is 0 Å². The number of hydrogen-bond donors (Lipinski definition) is 2. The van der Waals surface area contributed by atoms with Gasteiger partial charge in [0.2, 0.25) is 0 Å². The average Bonchev–Trinajstić information content (AvgIpc) is 2.42. The third-order valence-corrected chi connectivity index (χ3v) is 2.99. The lowest BCUT2D eigenvalue weighted by molar-refractivity contribution is 0.0950. The summed E-state index contributed by atoms with van der Waals surface area (Å²) >= 11 is 5.90. The van der Waals surface area contributed by atoms with E-state index in [1.807, 2.05) is 13.8 Å². The van der Waals surface area contributed by atoms with Gasteiger partial charge in [-0.1, -0.05) is 32.4 Å². The fraction of sp³-hybridized carbons (Fsp3) is 0.533. The molecule has 1 atom stereocenters. The van der Waals surface area contributed by atoms with Crippen LogP contribution in [0.2, 0.25) is 5.02 Å². The Morgan fingerprint density at radius 2 is 2.15 bits per heavy atom. The second-order valence-corrected chi connectivity index (χ2v) is 5.38. The molecule has 1 unspecified atom stereocenters. The minimum Gasteiger partial charge on any atom is -0.490 e. The van der Waals surface area contributed by atoms with Crippen molar-refractivity contribution in [3.63, 3.8) is 0 Å². The molecule has 112 valence electrons. The number of carbonyl (C=O) groups excluding carboxylic acids is 1. The zero-order valence-electron chi connectivity index (χ0n) is 12.1. The minimum absolute atomic E-state index is 0.0303. The molecule has 1 aromatic rings. The molecule has 1 aromatic carbocycles. The van der Waals surface area contributed by atoms with E-state index in [2.05, 4.69) is 5.32 Å². The van der Waals surface area contributed by atoms with E-state index in [9.17, 15) is 9.90 Å². The van der Waals surface area contributed by atoms with Gasteiger partial charge in [-0.2, -0.15) is 0 Å². The summed E-state index contributed by atoms with van der Waals surface area (Å²) in [6, 6.07) is 5.23. The maximum atomic E-state index is 11.8. The molecule has 0 spiro atoms. The van der Waals surface area contributed by atoms with Crippen LogP contribution in [0.1, 0.15) is 37.6 Å². The van der Waals surface area contributed by atoms with E-state index in [0.29, 0.717) is 35.3 Å². The number of benzene rings is 1.